The number of halogens is 1. The van der Waals surface area contributed by atoms with Crippen LogP contribution in [0.1, 0.15) is 50.4 Å². The number of aromatic nitrogens is 1. The summed E-state index contributed by atoms with van der Waals surface area (Å²) >= 11 is 3.38. The fourth-order valence-electron chi connectivity index (χ4n) is 2.79. The van der Waals surface area contributed by atoms with Crippen molar-refractivity contribution in [2.24, 2.45) is 0 Å². The monoisotopic (exact) mass is 440 g/mol. The number of nitrogens with zero attached hydrogens (tertiary/aromatic N) is 2. The molecule has 0 spiro atoms. The molecule has 0 saturated heterocycles. The minimum absolute atomic E-state index is 0.0316. The molecule has 1 amide bonds. The van der Waals surface area contributed by atoms with Crippen molar-refractivity contribution < 1.29 is 4.79 Å². The highest BCUT2D eigenvalue weighted by atomic mass is 79.9. The molecule has 0 bridgehead atoms. The number of benzene rings is 1. The molecule has 0 saturated carbocycles. The first-order chi connectivity index (χ1) is 13.6. The number of rotatable bonds is 9. The van der Waals surface area contributed by atoms with Crippen molar-refractivity contribution in [3.8, 4) is 6.07 Å². The second-order valence-corrected chi connectivity index (χ2v) is 7.24. The van der Waals surface area contributed by atoms with Crippen LogP contribution < -0.4 is 10.6 Å². The highest BCUT2D eigenvalue weighted by Gasteiger charge is 2.17. The Bertz CT molecular complexity index is 859. The van der Waals surface area contributed by atoms with Crippen LogP contribution in [-0.2, 0) is 4.79 Å². The molecule has 2 aromatic rings. The Morgan fingerprint density at radius 3 is 2.64 bits per heavy atom. The van der Waals surface area contributed by atoms with Gasteiger partial charge in [0, 0.05) is 12.2 Å². The average molecular weight is 441 g/mol. The molecule has 0 aliphatic rings. The summed E-state index contributed by atoms with van der Waals surface area (Å²) in [4.78, 5) is 17.1. The predicted molar refractivity (Wildman–Crippen MR) is 117 cm³/mol. The van der Waals surface area contributed by atoms with Crippen molar-refractivity contribution in [3.63, 3.8) is 0 Å². The van der Waals surface area contributed by atoms with Gasteiger partial charge in [-0.15, -0.1) is 0 Å². The zero-order chi connectivity index (χ0) is 20.4. The minimum Gasteiger partial charge on any atom is -0.385 e. The molecule has 1 aromatic heterocycles. The van der Waals surface area contributed by atoms with Crippen LogP contribution >= 0.6 is 15.9 Å². The third kappa shape index (κ3) is 6.50. The average Bonchev–Trinajstić information content (AvgIpc) is 2.70. The molecule has 5 nitrogen and oxygen atoms in total. The third-order valence-electron chi connectivity index (χ3n) is 4.13. The lowest BCUT2D eigenvalue weighted by Crippen LogP contribution is -2.29. The molecular weight excluding hydrogens is 416 g/mol. The molecular formula is C22H25BrN4O. The number of hydrogen-bond acceptors (Lipinski definition) is 4. The Balaban J connectivity index is 2.22. The van der Waals surface area contributed by atoms with E-state index >= 15 is 0 Å². The molecule has 1 aromatic carbocycles. The third-order valence-corrected chi connectivity index (χ3v) is 4.54. The van der Waals surface area contributed by atoms with E-state index in [0.717, 1.165) is 37.1 Å². The van der Waals surface area contributed by atoms with Crippen molar-refractivity contribution in [1.82, 2.24) is 10.3 Å². The van der Waals surface area contributed by atoms with Crippen LogP contribution in [0, 0.1) is 11.3 Å². The van der Waals surface area contributed by atoms with Crippen LogP contribution in [0.5, 0.6) is 0 Å². The fraction of sp³-hybridized carbons (Fsp3) is 0.318. The van der Waals surface area contributed by atoms with E-state index in [1.54, 1.807) is 0 Å². The molecule has 0 radical (unpaired) electrons. The molecule has 2 rings (SSSR count). The fourth-order valence-corrected chi connectivity index (χ4v) is 3.24. The number of pyridine rings is 1. The first-order valence-electron chi connectivity index (χ1n) is 9.46. The summed E-state index contributed by atoms with van der Waals surface area (Å²) in [5, 5.41) is 15.8. The molecule has 0 fully saturated rings. The number of carbonyl (C=O) groups excluding carboxylic acids is 1. The summed E-state index contributed by atoms with van der Waals surface area (Å²) in [6.07, 6.45) is 4.24. The lowest BCUT2D eigenvalue weighted by molar-refractivity contribution is -0.117. The van der Waals surface area contributed by atoms with Gasteiger partial charge in [0.15, 0.2) is 0 Å². The summed E-state index contributed by atoms with van der Waals surface area (Å²) in [5.41, 5.74) is 2.50. The Hall–Kier alpha value is -2.65. The zero-order valence-electron chi connectivity index (χ0n) is 16.2. The van der Waals surface area contributed by atoms with E-state index in [-0.39, 0.29) is 11.6 Å². The van der Waals surface area contributed by atoms with Crippen LogP contribution in [0.2, 0.25) is 0 Å². The van der Waals surface area contributed by atoms with E-state index in [2.05, 4.69) is 45.4 Å². The van der Waals surface area contributed by atoms with Crippen LogP contribution in [0.4, 0.5) is 5.69 Å². The highest BCUT2D eigenvalue weighted by molar-refractivity contribution is 9.10. The van der Waals surface area contributed by atoms with Gasteiger partial charge in [-0.1, -0.05) is 50.6 Å². The van der Waals surface area contributed by atoms with Gasteiger partial charge in [-0.25, -0.2) is 4.98 Å². The van der Waals surface area contributed by atoms with Gasteiger partial charge >= 0.3 is 0 Å². The largest absolute Gasteiger partial charge is 0.385 e. The van der Waals surface area contributed by atoms with E-state index < -0.39 is 5.91 Å². The minimum atomic E-state index is -0.394. The van der Waals surface area contributed by atoms with Gasteiger partial charge in [-0.05, 0) is 52.5 Å². The van der Waals surface area contributed by atoms with Gasteiger partial charge in [0.2, 0.25) is 0 Å². The summed E-state index contributed by atoms with van der Waals surface area (Å²) in [7, 11) is 0. The smallest absolute Gasteiger partial charge is 0.262 e. The van der Waals surface area contributed by atoms with E-state index in [9.17, 15) is 10.1 Å². The Labute approximate surface area is 175 Å². The number of hydrogen-bond donors (Lipinski definition) is 2. The summed E-state index contributed by atoms with van der Waals surface area (Å²) in [5.74, 6) is -0.394. The molecule has 6 heteroatoms. The summed E-state index contributed by atoms with van der Waals surface area (Å²) in [6.45, 7) is 4.99. The summed E-state index contributed by atoms with van der Waals surface area (Å²) in [6, 6.07) is 15.4. The van der Waals surface area contributed by atoms with Gasteiger partial charge in [-0.2, -0.15) is 5.26 Å². The van der Waals surface area contributed by atoms with E-state index in [1.807, 2.05) is 48.5 Å². The number of nitriles is 1. The van der Waals surface area contributed by atoms with Crippen molar-refractivity contribution in [2.75, 3.05) is 11.9 Å². The van der Waals surface area contributed by atoms with Crippen molar-refractivity contribution in [1.29, 1.82) is 5.26 Å². The number of nitrogens with one attached hydrogen (secondary N) is 2. The molecule has 0 aliphatic heterocycles. The van der Waals surface area contributed by atoms with E-state index in [4.69, 9.17) is 0 Å². The number of carbonyl (C=O) groups is 1. The van der Waals surface area contributed by atoms with Gasteiger partial charge < -0.3 is 10.6 Å². The first kappa shape index (κ1) is 21.6. The number of amides is 1. The molecule has 1 atom stereocenters. The SMILES string of the molecule is CCCNc1cc(Br)nc(/C=C(\C#N)C(=O)NC(CCC)c2ccccc2)c1. The molecule has 1 heterocycles. The topological polar surface area (TPSA) is 77.8 Å². The molecule has 146 valence electrons. The Morgan fingerprint density at radius 1 is 1.25 bits per heavy atom. The van der Waals surface area contributed by atoms with Crippen LogP contribution in [0.3, 0.4) is 0 Å². The maximum Gasteiger partial charge on any atom is 0.262 e. The van der Waals surface area contributed by atoms with Gasteiger partial charge in [0.25, 0.3) is 5.91 Å². The molecule has 2 N–H and O–H groups in total. The van der Waals surface area contributed by atoms with E-state index in [1.165, 1.54) is 6.08 Å². The zero-order valence-corrected chi connectivity index (χ0v) is 17.8. The van der Waals surface area contributed by atoms with Crippen LogP contribution in [0.15, 0.2) is 52.6 Å². The van der Waals surface area contributed by atoms with Crippen molar-refractivity contribution in [2.45, 2.75) is 39.2 Å². The highest BCUT2D eigenvalue weighted by Crippen LogP contribution is 2.20. The first-order valence-corrected chi connectivity index (χ1v) is 10.3. The predicted octanol–water partition coefficient (Wildman–Crippen LogP) is 5.23. The Morgan fingerprint density at radius 2 is 2.00 bits per heavy atom. The Kier molecular flexibility index (Phi) is 8.70. The second-order valence-electron chi connectivity index (χ2n) is 6.43. The van der Waals surface area contributed by atoms with E-state index in [0.29, 0.717) is 10.3 Å². The molecule has 1 unspecified atom stereocenters. The van der Waals surface area contributed by atoms with Crippen molar-refractivity contribution >= 4 is 33.6 Å². The van der Waals surface area contributed by atoms with Gasteiger partial charge in [0.1, 0.15) is 16.2 Å². The maximum absolute atomic E-state index is 12.7. The lowest BCUT2D eigenvalue weighted by Gasteiger charge is -2.18. The quantitative estimate of drug-likeness (QED) is 0.317. The van der Waals surface area contributed by atoms with Crippen LogP contribution in [0.25, 0.3) is 6.08 Å². The normalized spacial score (nSPS) is 12.1. The van der Waals surface area contributed by atoms with Crippen LogP contribution in [-0.4, -0.2) is 17.4 Å². The maximum atomic E-state index is 12.7. The molecule has 0 aliphatic carbocycles. The molecule has 28 heavy (non-hydrogen) atoms. The van der Waals surface area contributed by atoms with Gasteiger partial charge in [0.05, 0.1) is 11.7 Å². The second kappa shape index (κ2) is 11.3. The lowest BCUT2D eigenvalue weighted by atomic mass is 10.0. The van der Waals surface area contributed by atoms with Gasteiger partial charge in [-0.3, -0.25) is 4.79 Å². The van der Waals surface area contributed by atoms with Crippen molar-refractivity contribution in [3.05, 3.63) is 63.9 Å². The number of anilines is 1. The standard InChI is InChI=1S/C22H25BrN4O/c1-3-8-20(16-9-6-5-7-10-16)27-22(28)17(15-24)12-19-13-18(25-11-4-2)14-21(23)26-19/h5-7,9-10,12-14,20H,3-4,8,11H2,1-2H3,(H,25,26)(H,27,28)/b17-12+. The summed E-state index contributed by atoms with van der Waals surface area (Å²) < 4.78 is 0.644.